The number of alkyl halides is 6. The van der Waals surface area contributed by atoms with Crippen LogP contribution in [0, 0.1) is 12.8 Å². The first-order valence-electron chi connectivity index (χ1n) is 32.2. The van der Waals surface area contributed by atoms with Gasteiger partial charge in [0.15, 0.2) is 0 Å². The van der Waals surface area contributed by atoms with E-state index in [-0.39, 0.29) is 72.9 Å². The number of para-hydroxylation sites is 1. The highest BCUT2D eigenvalue weighted by atomic mass is 35.5. The molecule has 0 aliphatic carbocycles. The second-order valence-corrected chi connectivity index (χ2v) is 25.5. The van der Waals surface area contributed by atoms with Crippen molar-refractivity contribution < 1.29 is 64.9 Å². The van der Waals surface area contributed by atoms with Crippen molar-refractivity contribution in [1.29, 1.82) is 0 Å². The number of hydrogen-bond donors (Lipinski definition) is 1. The maximum absolute atomic E-state index is 13.6. The van der Waals surface area contributed by atoms with Gasteiger partial charge in [-0.2, -0.15) is 0 Å². The van der Waals surface area contributed by atoms with Gasteiger partial charge < -0.3 is 34.2 Å². The summed E-state index contributed by atoms with van der Waals surface area (Å²) in [6, 6.07) is 50.5. The van der Waals surface area contributed by atoms with Crippen LogP contribution in [-0.2, 0) is 36.9 Å². The number of amides is 4. The minimum atomic E-state index is -4.72. The largest absolute Gasteiger partial charge is 0.573 e. The van der Waals surface area contributed by atoms with E-state index in [9.17, 15) is 55.4 Å². The van der Waals surface area contributed by atoms with Crippen LogP contribution in [0.25, 0.3) is 10.8 Å². The Morgan fingerprint density at radius 2 is 1.26 bits per heavy atom. The number of aliphatic hydroxyl groups excluding tert-OH is 1. The van der Waals surface area contributed by atoms with Gasteiger partial charge in [-0.05, 0) is 172 Å². The average molecular weight is 1350 g/mol. The number of anilines is 4. The monoisotopic (exact) mass is 1340 g/mol. The molecule has 16 nitrogen and oxygen atoms in total. The average Bonchev–Trinajstić information content (AvgIpc) is 1.57. The molecule has 7 aromatic rings. The minimum Gasteiger partial charge on any atom is -0.406 e. The van der Waals surface area contributed by atoms with Crippen LogP contribution in [0.5, 0.6) is 11.5 Å². The number of rotatable bonds is 17. The molecule has 5 fully saturated rings. The molecule has 12 rings (SSSR count). The van der Waals surface area contributed by atoms with Crippen molar-refractivity contribution in [3.8, 4) is 11.5 Å². The van der Waals surface area contributed by atoms with Crippen LogP contribution in [0.4, 0.5) is 49.1 Å². The maximum Gasteiger partial charge on any atom is 0.573 e. The van der Waals surface area contributed by atoms with Gasteiger partial charge in [0, 0.05) is 87.4 Å². The molecule has 5 aliphatic rings. The lowest BCUT2D eigenvalue weighted by Crippen LogP contribution is -2.56. The predicted molar refractivity (Wildman–Crippen MR) is 358 cm³/mol. The number of ether oxygens (including phenoxy) is 2. The zero-order valence-electron chi connectivity index (χ0n) is 53.9. The SMILES string of the molecule is CC(=O)CN1CN(c2ccccc2)C2(CCN(Cc3cccc4ccccc34)CC2)C1=O.CN(C(=O)CC(CO)N1CCN(c2ccc(OC(F)(F)F)cc2)CC1)c1ccc(Cl)cc1.Cc1ccc(N2C(=O)CC(N3CCC(Cc4ccc(OC(F)(F)F)cc4)CC3)C2=O)cc1. The number of nitrogens with zero attached hydrogens (tertiary/aromatic N) is 8. The molecule has 2 unspecified atom stereocenters. The summed E-state index contributed by atoms with van der Waals surface area (Å²) in [6.45, 7) is 10.5. The molecular formula is C73H79ClF6N8O8. The minimum absolute atomic E-state index is 0.0248. The number of likely N-dealkylation sites (tertiary alicyclic amines) is 2. The van der Waals surface area contributed by atoms with Gasteiger partial charge in [0.25, 0.3) is 5.91 Å². The molecule has 7 aromatic carbocycles. The predicted octanol–water partition coefficient (Wildman–Crippen LogP) is 12.3. The number of carbonyl (C=O) groups excluding carboxylic acids is 5. The van der Waals surface area contributed by atoms with Gasteiger partial charge >= 0.3 is 12.7 Å². The molecule has 5 saturated heterocycles. The van der Waals surface area contributed by atoms with Crippen molar-refractivity contribution in [3.63, 3.8) is 0 Å². The van der Waals surface area contributed by atoms with Crippen molar-refractivity contribution in [2.45, 2.75) is 95.7 Å². The van der Waals surface area contributed by atoms with Crippen molar-refractivity contribution in [3.05, 3.63) is 192 Å². The summed E-state index contributed by atoms with van der Waals surface area (Å²) in [5.74, 6) is -0.444. The Hall–Kier alpha value is -8.54. The first-order chi connectivity index (χ1) is 45.9. The second-order valence-electron chi connectivity index (χ2n) is 25.1. The number of aryl methyl sites for hydroxylation is 1. The lowest BCUT2D eigenvalue weighted by Gasteiger charge is -2.43. The number of benzene rings is 7. The first-order valence-corrected chi connectivity index (χ1v) is 32.6. The van der Waals surface area contributed by atoms with Gasteiger partial charge in [-0.3, -0.25) is 38.7 Å². The van der Waals surface area contributed by atoms with Crippen molar-refractivity contribution in [2.24, 2.45) is 5.92 Å². The molecule has 1 spiro atoms. The molecule has 508 valence electrons. The van der Waals surface area contributed by atoms with E-state index in [0.717, 1.165) is 79.9 Å². The number of Topliss-reactive ketones (excluding diaryl/α,β-unsaturated/α-hetero) is 1. The van der Waals surface area contributed by atoms with E-state index >= 15 is 0 Å². The summed E-state index contributed by atoms with van der Waals surface area (Å²) in [5.41, 5.74) is 5.96. The van der Waals surface area contributed by atoms with E-state index in [1.54, 1.807) is 84.4 Å². The quantitative estimate of drug-likeness (QED) is 0.0681. The highest BCUT2D eigenvalue weighted by molar-refractivity contribution is 6.30. The Labute approximate surface area is 560 Å². The molecule has 96 heavy (non-hydrogen) atoms. The van der Waals surface area contributed by atoms with Crippen LogP contribution in [0.15, 0.2) is 170 Å². The van der Waals surface area contributed by atoms with E-state index < -0.39 is 24.3 Å². The molecule has 0 saturated carbocycles. The van der Waals surface area contributed by atoms with Crippen molar-refractivity contribution >= 4 is 74.5 Å². The van der Waals surface area contributed by atoms with E-state index in [2.05, 4.69) is 83.7 Å². The molecule has 5 heterocycles. The Morgan fingerprint density at radius 1 is 0.677 bits per heavy atom. The fourth-order valence-electron chi connectivity index (χ4n) is 13.5. The number of piperazine rings is 1. The van der Waals surface area contributed by atoms with E-state index in [1.807, 2.05) is 42.2 Å². The molecule has 0 radical (unpaired) electrons. The third-order valence-electron chi connectivity index (χ3n) is 18.6. The fraction of sp³-hybridized carbons (Fsp3) is 0.384. The van der Waals surface area contributed by atoms with Gasteiger partial charge in [-0.25, -0.2) is 4.90 Å². The van der Waals surface area contributed by atoms with Gasteiger partial charge in [-0.1, -0.05) is 102 Å². The molecule has 4 amide bonds. The highest BCUT2D eigenvalue weighted by Crippen LogP contribution is 2.41. The summed E-state index contributed by atoms with van der Waals surface area (Å²) < 4.78 is 81.6. The molecular weight excluding hydrogens is 1270 g/mol. The zero-order valence-corrected chi connectivity index (χ0v) is 54.6. The van der Waals surface area contributed by atoms with Gasteiger partial charge in [0.1, 0.15) is 22.8 Å². The van der Waals surface area contributed by atoms with Crippen molar-refractivity contribution in [1.82, 2.24) is 19.6 Å². The highest BCUT2D eigenvalue weighted by Gasteiger charge is 2.54. The summed E-state index contributed by atoms with van der Waals surface area (Å²) >= 11 is 5.89. The first kappa shape index (κ1) is 70.3. The maximum atomic E-state index is 13.6. The third-order valence-corrected chi connectivity index (χ3v) is 18.9. The van der Waals surface area contributed by atoms with Crippen LogP contribution in [-0.4, -0.2) is 164 Å². The lowest BCUT2D eigenvalue weighted by molar-refractivity contribution is -0.275. The van der Waals surface area contributed by atoms with Crippen LogP contribution < -0.4 is 29.1 Å². The van der Waals surface area contributed by atoms with Crippen LogP contribution in [0.1, 0.15) is 62.1 Å². The Balaban J connectivity index is 0.000000157. The molecule has 2 atom stereocenters. The standard InChI is InChI=1S/C27H29N3O2.C24H25F3N2O3.C22H25ClF3N3O3/c1-21(31)18-29-20-30(24-11-3-2-4-12-24)27(26(29)32)14-16-28(17-15-27)19-23-10-7-9-22-8-5-6-13-25(22)23;1-16-2-6-19(7-3-16)29-22(30)15-21(23(29)31)28-12-10-18(11-13-28)14-17-4-8-20(9-5-17)32-24(25,26)27;1-27(17-4-2-16(23)3-5-17)21(31)14-19(15-30)29-12-10-28(11-13-29)18-6-8-20(9-7-18)32-22(24,25)26/h2-13H,14-20H2,1H3;2-9,18,21H,10-15H2,1H3;2-9,19,30H,10-15H2,1H3. The molecule has 5 aliphatic heterocycles. The smallest absolute Gasteiger partial charge is 0.406 e. The van der Waals surface area contributed by atoms with Gasteiger partial charge in [-0.15, -0.1) is 26.3 Å². The number of piperidine rings is 2. The molecule has 0 bridgehead atoms. The van der Waals surface area contributed by atoms with Crippen LogP contribution >= 0.6 is 11.6 Å². The Morgan fingerprint density at radius 3 is 1.86 bits per heavy atom. The zero-order chi connectivity index (χ0) is 68.3. The van der Waals surface area contributed by atoms with Gasteiger partial charge in [0.2, 0.25) is 17.7 Å². The summed E-state index contributed by atoms with van der Waals surface area (Å²) in [7, 11) is 1.68. The van der Waals surface area contributed by atoms with E-state index in [0.29, 0.717) is 62.6 Å². The lowest BCUT2D eigenvalue weighted by atomic mass is 9.85. The third kappa shape index (κ3) is 17.9. The van der Waals surface area contributed by atoms with Crippen LogP contribution in [0.3, 0.4) is 0 Å². The number of halogens is 7. The Bertz CT molecular complexity index is 3770. The Kier molecular flexibility index (Phi) is 22.8. The number of aliphatic hydroxyl groups is 1. The van der Waals surface area contributed by atoms with Crippen LogP contribution in [0.2, 0.25) is 5.02 Å². The van der Waals surface area contributed by atoms with Crippen molar-refractivity contribution in [2.75, 3.05) is 98.8 Å². The number of carbonyl (C=O) groups is 5. The summed E-state index contributed by atoms with van der Waals surface area (Å²) in [5, 5.41) is 13.0. The number of ketones is 1. The molecule has 23 heteroatoms. The van der Waals surface area contributed by atoms with E-state index in [1.165, 1.54) is 45.5 Å². The normalized spacial score (nSPS) is 18.4. The fourth-order valence-corrected chi connectivity index (χ4v) is 13.6. The van der Waals surface area contributed by atoms with Gasteiger partial charge in [0.05, 0.1) is 38.0 Å². The summed E-state index contributed by atoms with van der Waals surface area (Å²) in [4.78, 5) is 79.0. The summed E-state index contributed by atoms with van der Waals surface area (Å²) in [6.07, 6.45) is -5.04. The second kappa shape index (κ2) is 31.1. The molecule has 1 N–H and O–H groups in total. The number of imide groups is 1. The number of fused-ring (bicyclic) bond motifs is 1. The molecule has 0 aromatic heterocycles. The topological polar surface area (TPSA) is 150 Å². The van der Waals surface area contributed by atoms with E-state index in [4.69, 9.17) is 11.6 Å². The number of hydrogen-bond acceptors (Lipinski definition) is 13.